The highest BCUT2D eigenvalue weighted by atomic mass is 14.8. The second-order valence-electron chi connectivity index (χ2n) is 5.73. The normalized spacial score (nSPS) is 17.3. The number of H-pyrrole nitrogens is 1. The molecule has 1 N–H and O–H groups in total. The van der Waals surface area contributed by atoms with Gasteiger partial charge < -0.3 is 4.98 Å². The van der Waals surface area contributed by atoms with Gasteiger partial charge in [0.25, 0.3) is 0 Å². The fourth-order valence-corrected chi connectivity index (χ4v) is 3.67. The number of rotatable bonds is 0. The van der Waals surface area contributed by atoms with Gasteiger partial charge in [-0.1, -0.05) is 44.0 Å². The number of fused-ring (bicyclic) bond motifs is 5. The first-order chi connectivity index (χ1) is 9.21. The van der Waals surface area contributed by atoms with E-state index in [2.05, 4.69) is 43.1 Å². The molecular weight excluding hydrogens is 230 g/mol. The molecule has 1 nitrogen and oxygen atoms in total. The van der Waals surface area contributed by atoms with Crippen LogP contribution in [0.3, 0.4) is 0 Å². The van der Waals surface area contributed by atoms with Crippen molar-refractivity contribution in [1.82, 2.24) is 4.98 Å². The Kier molecular flexibility index (Phi) is 2.81. The van der Waals surface area contributed by atoms with Gasteiger partial charge in [-0.15, -0.1) is 0 Å². The maximum Gasteiger partial charge on any atom is 0.0500 e. The average Bonchev–Trinajstić information content (AvgIpc) is 2.83. The summed E-state index contributed by atoms with van der Waals surface area (Å²) in [6.07, 6.45) is 4.03. The quantitative estimate of drug-likeness (QED) is 0.671. The Morgan fingerprint density at radius 3 is 2.37 bits per heavy atom. The van der Waals surface area contributed by atoms with Gasteiger partial charge in [-0.05, 0) is 43.9 Å². The highest BCUT2D eigenvalue weighted by Gasteiger charge is 2.48. The third kappa shape index (κ3) is 1.54. The largest absolute Gasteiger partial charge is 0.358 e. The predicted molar refractivity (Wildman–Crippen MR) is 81.7 cm³/mol. The Balaban J connectivity index is 0.000000528. The van der Waals surface area contributed by atoms with E-state index in [9.17, 15) is 0 Å². The molecule has 1 heterocycles. The van der Waals surface area contributed by atoms with E-state index < -0.39 is 0 Å². The van der Waals surface area contributed by atoms with Crippen molar-refractivity contribution in [2.45, 2.75) is 52.4 Å². The van der Waals surface area contributed by atoms with E-state index in [1.165, 1.54) is 41.8 Å². The Labute approximate surface area is 116 Å². The van der Waals surface area contributed by atoms with Crippen LogP contribution in [0.5, 0.6) is 0 Å². The lowest BCUT2D eigenvalue weighted by Gasteiger charge is -2.40. The number of benzene rings is 1. The molecule has 1 aromatic heterocycles. The van der Waals surface area contributed by atoms with Crippen LogP contribution >= 0.6 is 0 Å². The molecule has 100 valence electrons. The summed E-state index contributed by atoms with van der Waals surface area (Å²) in [5.74, 6) is 0. The van der Waals surface area contributed by atoms with E-state index >= 15 is 0 Å². The van der Waals surface area contributed by atoms with Gasteiger partial charge in [0.05, 0.1) is 5.69 Å². The third-order valence-electron chi connectivity index (χ3n) is 4.64. The third-order valence-corrected chi connectivity index (χ3v) is 4.64. The van der Waals surface area contributed by atoms with Crippen LogP contribution in [0, 0.1) is 13.8 Å². The number of hydrogen-bond donors (Lipinski definition) is 1. The van der Waals surface area contributed by atoms with Crippen LogP contribution in [0.2, 0.25) is 0 Å². The Morgan fingerprint density at radius 2 is 1.74 bits per heavy atom. The Bertz CT molecular complexity index is 615. The molecule has 0 amide bonds. The number of hydrogen-bond acceptors (Lipinski definition) is 0. The van der Waals surface area contributed by atoms with Crippen LogP contribution in [0.15, 0.2) is 24.3 Å². The van der Waals surface area contributed by atoms with Crippen molar-refractivity contribution in [1.29, 1.82) is 0 Å². The van der Waals surface area contributed by atoms with Crippen LogP contribution in [0.4, 0.5) is 0 Å². The summed E-state index contributed by atoms with van der Waals surface area (Å²) in [6.45, 7) is 8.36. The standard InChI is InChI=1S/C16H17N.C2H6/c1-10-4-5-12-13(8-10)16(6-3-7-16)14-9-11(2)17-15(12)14;1-2/h4-5,8-9,17H,3,6-7H2,1-2H3;1-2H3. The van der Waals surface area contributed by atoms with E-state index in [1.807, 2.05) is 13.8 Å². The van der Waals surface area contributed by atoms with E-state index in [0.717, 1.165) is 0 Å². The number of aryl methyl sites for hydroxylation is 2. The smallest absolute Gasteiger partial charge is 0.0500 e. The first-order valence-corrected chi connectivity index (χ1v) is 7.52. The zero-order chi connectivity index (χ0) is 13.6. The molecule has 2 aliphatic rings. The van der Waals surface area contributed by atoms with Gasteiger partial charge in [-0.25, -0.2) is 0 Å². The van der Waals surface area contributed by atoms with Gasteiger partial charge >= 0.3 is 0 Å². The van der Waals surface area contributed by atoms with Crippen LogP contribution in [0.25, 0.3) is 11.3 Å². The van der Waals surface area contributed by atoms with Crippen LogP contribution in [0.1, 0.15) is 55.5 Å². The molecule has 0 unspecified atom stereocenters. The van der Waals surface area contributed by atoms with Crippen molar-refractivity contribution in [2.24, 2.45) is 0 Å². The minimum absolute atomic E-state index is 0.363. The maximum absolute atomic E-state index is 3.56. The second kappa shape index (κ2) is 4.26. The first kappa shape index (κ1) is 12.5. The van der Waals surface area contributed by atoms with Crippen LogP contribution in [-0.4, -0.2) is 4.98 Å². The van der Waals surface area contributed by atoms with Gasteiger partial charge in [0.1, 0.15) is 0 Å². The lowest BCUT2D eigenvalue weighted by molar-refractivity contribution is 0.309. The highest BCUT2D eigenvalue weighted by molar-refractivity contribution is 5.80. The Hall–Kier alpha value is -1.50. The molecule has 1 spiro atoms. The summed E-state index contributed by atoms with van der Waals surface area (Å²) in [4.78, 5) is 3.56. The van der Waals surface area contributed by atoms with E-state index in [-0.39, 0.29) is 0 Å². The number of aromatic nitrogens is 1. The summed E-state index contributed by atoms with van der Waals surface area (Å²) < 4.78 is 0. The zero-order valence-electron chi connectivity index (χ0n) is 12.4. The topological polar surface area (TPSA) is 15.8 Å². The van der Waals surface area contributed by atoms with Gasteiger partial charge in [-0.2, -0.15) is 0 Å². The number of aromatic amines is 1. The molecule has 1 aromatic carbocycles. The molecule has 0 radical (unpaired) electrons. The summed E-state index contributed by atoms with van der Waals surface area (Å²) in [6, 6.07) is 9.30. The summed E-state index contributed by atoms with van der Waals surface area (Å²) in [5.41, 5.74) is 9.01. The molecule has 0 aliphatic heterocycles. The van der Waals surface area contributed by atoms with Gasteiger partial charge in [0.15, 0.2) is 0 Å². The van der Waals surface area contributed by atoms with Crippen molar-refractivity contribution in [3.05, 3.63) is 46.6 Å². The molecule has 1 fully saturated rings. The van der Waals surface area contributed by atoms with Gasteiger partial charge in [-0.3, -0.25) is 0 Å². The van der Waals surface area contributed by atoms with Crippen molar-refractivity contribution in [2.75, 3.05) is 0 Å². The van der Waals surface area contributed by atoms with Crippen molar-refractivity contribution in [3.63, 3.8) is 0 Å². The molecule has 0 saturated heterocycles. The van der Waals surface area contributed by atoms with Crippen LogP contribution in [-0.2, 0) is 5.41 Å². The van der Waals surface area contributed by atoms with E-state index in [1.54, 1.807) is 11.1 Å². The van der Waals surface area contributed by atoms with E-state index in [4.69, 9.17) is 0 Å². The summed E-state index contributed by atoms with van der Waals surface area (Å²) >= 11 is 0. The Morgan fingerprint density at radius 1 is 1.00 bits per heavy atom. The van der Waals surface area contributed by atoms with Gasteiger partial charge in [0.2, 0.25) is 0 Å². The van der Waals surface area contributed by atoms with Crippen molar-refractivity contribution in [3.8, 4) is 11.3 Å². The zero-order valence-corrected chi connectivity index (χ0v) is 12.4. The van der Waals surface area contributed by atoms with Crippen molar-refractivity contribution < 1.29 is 0 Å². The maximum atomic E-state index is 3.56. The molecule has 2 aliphatic carbocycles. The SMILES string of the molecule is CC.Cc1ccc2c(c1)C1(CCC1)c1cc(C)[nH]c1-2. The average molecular weight is 253 g/mol. The summed E-state index contributed by atoms with van der Waals surface area (Å²) in [7, 11) is 0. The molecule has 1 heteroatoms. The lowest BCUT2D eigenvalue weighted by Crippen LogP contribution is -2.33. The minimum atomic E-state index is 0.363. The molecule has 1 saturated carbocycles. The highest BCUT2D eigenvalue weighted by Crippen LogP contribution is 2.58. The molecule has 0 bridgehead atoms. The van der Waals surface area contributed by atoms with Gasteiger partial charge in [0, 0.05) is 16.7 Å². The molecule has 4 rings (SSSR count). The fraction of sp³-hybridized carbons (Fsp3) is 0.444. The second-order valence-corrected chi connectivity index (χ2v) is 5.73. The van der Waals surface area contributed by atoms with Crippen molar-refractivity contribution >= 4 is 0 Å². The van der Waals surface area contributed by atoms with Crippen LogP contribution < -0.4 is 0 Å². The number of nitrogens with one attached hydrogen (secondary N) is 1. The van der Waals surface area contributed by atoms with E-state index in [0.29, 0.717) is 5.41 Å². The lowest BCUT2D eigenvalue weighted by atomic mass is 9.63. The molecular formula is C18H23N. The minimum Gasteiger partial charge on any atom is -0.358 e. The monoisotopic (exact) mass is 253 g/mol. The molecule has 0 atom stereocenters. The summed E-state index contributed by atoms with van der Waals surface area (Å²) in [5, 5.41) is 0. The molecule has 2 aromatic rings. The fourth-order valence-electron chi connectivity index (χ4n) is 3.67. The first-order valence-electron chi connectivity index (χ1n) is 7.52. The molecule has 19 heavy (non-hydrogen) atoms. The predicted octanol–water partition coefficient (Wildman–Crippen LogP) is 5.11.